The first-order chi connectivity index (χ1) is 21.2. The summed E-state index contributed by atoms with van der Waals surface area (Å²) in [5, 5.41) is 15.9. The van der Waals surface area contributed by atoms with E-state index in [1.807, 2.05) is 36.0 Å². The Hall–Kier alpha value is -3.98. The molecule has 1 aliphatic heterocycles. The predicted molar refractivity (Wildman–Crippen MR) is 169 cm³/mol. The molecular weight excluding hydrogens is 628 g/mol. The summed E-state index contributed by atoms with van der Waals surface area (Å²) >= 11 is 1.20. The maximum Gasteiger partial charge on any atom is 0.393 e. The van der Waals surface area contributed by atoms with Crippen molar-refractivity contribution in [2.75, 3.05) is 63.8 Å². The van der Waals surface area contributed by atoms with E-state index in [4.69, 9.17) is 10.00 Å². The summed E-state index contributed by atoms with van der Waals surface area (Å²) < 4.78 is 70.9. The van der Waals surface area contributed by atoms with Crippen LogP contribution in [0.15, 0.2) is 41.3 Å². The van der Waals surface area contributed by atoms with E-state index >= 15 is 0 Å². The Bertz CT molecular complexity index is 1750. The first-order valence-corrected chi connectivity index (χ1v) is 16.8. The van der Waals surface area contributed by atoms with Gasteiger partial charge in [0, 0.05) is 31.5 Å². The van der Waals surface area contributed by atoms with Crippen LogP contribution in [0, 0.1) is 23.2 Å². The molecule has 1 amide bonds. The minimum atomic E-state index is -4.44. The first kappa shape index (κ1) is 33.9. The molecule has 1 aromatic heterocycles. The minimum absolute atomic E-state index is 0.0157. The van der Waals surface area contributed by atoms with E-state index in [9.17, 15) is 26.4 Å². The number of nitrogens with one attached hydrogen (secondary N) is 2. The number of ether oxygens (including phenoxy) is 1. The van der Waals surface area contributed by atoms with Crippen LogP contribution >= 0.6 is 11.3 Å². The lowest BCUT2D eigenvalue weighted by Crippen LogP contribution is -2.45. The van der Waals surface area contributed by atoms with Crippen molar-refractivity contribution >= 4 is 48.5 Å². The lowest BCUT2D eigenvalue weighted by atomic mass is 10.0. The molecule has 2 heterocycles. The molecule has 1 saturated heterocycles. The summed E-state index contributed by atoms with van der Waals surface area (Å²) in [5.41, 5.74) is 1.23. The molecule has 45 heavy (non-hydrogen) atoms. The molecule has 1 aliphatic rings. The quantitative estimate of drug-likeness (QED) is 0.300. The van der Waals surface area contributed by atoms with Gasteiger partial charge in [0.1, 0.15) is 11.8 Å². The van der Waals surface area contributed by atoms with Gasteiger partial charge in [0.15, 0.2) is 16.4 Å². The second-order valence-electron chi connectivity index (χ2n) is 11.0. The van der Waals surface area contributed by atoms with Crippen LogP contribution in [0.1, 0.15) is 23.3 Å². The van der Waals surface area contributed by atoms with Crippen LogP contribution in [0.25, 0.3) is 10.1 Å². The highest BCUT2D eigenvalue weighted by Gasteiger charge is 2.31. The van der Waals surface area contributed by atoms with Crippen LogP contribution in [0.3, 0.4) is 0 Å². The Balaban J connectivity index is 1.54. The number of rotatable bonds is 10. The average Bonchev–Trinajstić information content (AvgIpc) is 3.30. The summed E-state index contributed by atoms with van der Waals surface area (Å²) in [6.07, 6.45) is -3.07. The van der Waals surface area contributed by atoms with Gasteiger partial charge in [0.25, 0.3) is 0 Å². The van der Waals surface area contributed by atoms with Crippen molar-refractivity contribution < 1.29 is 31.1 Å². The van der Waals surface area contributed by atoms with E-state index in [2.05, 4.69) is 22.5 Å². The summed E-state index contributed by atoms with van der Waals surface area (Å²) in [6, 6.07) is 11.3. The Kier molecular flexibility index (Phi) is 10.9. The van der Waals surface area contributed by atoms with Gasteiger partial charge in [-0.2, -0.15) is 18.4 Å². The van der Waals surface area contributed by atoms with Crippen LogP contribution < -0.4 is 15.4 Å². The number of thiophene rings is 1. The molecule has 2 N–H and O–H groups in total. The third-order valence-electron chi connectivity index (χ3n) is 7.10. The first-order valence-electron chi connectivity index (χ1n) is 14.1. The van der Waals surface area contributed by atoms with E-state index in [1.54, 1.807) is 12.1 Å². The van der Waals surface area contributed by atoms with Gasteiger partial charge in [-0.3, -0.25) is 4.79 Å². The molecule has 0 aliphatic carbocycles. The largest absolute Gasteiger partial charge is 0.477 e. The molecule has 3 aromatic rings. The van der Waals surface area contributed by atoms with Crippen LogP contribution in [-0.4, -0.2) is 89.5 Å². The molecule has 14 heteroatoms. The number of carbonyl (C=O) groups is 1. The highest BCUT2D eigenvalue weighted by molar-refractivity contribution is 7.90. The monoisotopic (exact) mass is 661 g/mol. The van der Waals surface area contributed by atoms with Gasteiger partial charge in [0.05, 0.1) is 45.4 Å². The van der Waals surface area contributed by atoms with Crippen molar-refractivity contribution in [3.63, 3.8) is 0 Å². The molecule has 0 saturated carbocycles. The third-order valence-corrected chi connectivity index (χ3v) is 9.40. The fraction of sp³-hybridized carbons (Fsp3) is 0.419. The zero-order chi connectivity index (χ0) is 32.8. The summed E-state index contributed by atoms with van der Waals surface area (Å²) in [5.74, 6) is 5.99. The van der Waals surface area contributed by atoms with Gasteiger partial charge in [-0.25, -0.2) is 8.42 Å². The molecule has 9 nitrogen and oxygen atoms in total. The third kappa shape index (κ3) is 9.26. The molecule has 0 radical (unpaired) electrons. The number of carbonyl (C=O) groups excluding carboxylic acids is 1. The van der Waals surface area contributed by atoms with Crippen molar-refractivity contribution in [1.29, 1.82) is 5.26 Å². The zero-order valence-electron chi connectivity index (χ0n) is 25.1. The van der Waals surface area contributed by atoms with Gasteiger partial charge in [-0.15, -0.1) is 11.3 Å². The number of amides is 1. The van der Waals surface area contributed by atoms with Crippen molar-refractivity contribution in [3.05, 3.63) is 46.8 Å². The van der Waals surface area contributed by atoms with Gasteiger partial charge in [-0.05, 0) is 56.1 Å². The number of likely N-dealkylation sites (tertiary alicyclic amines) is 1. The fourth-order valence-corrected chi connectivity index (χ4v) is 6.80. The van der Waals surface area contributed by atoms with E-state index in [0.717, 1.165) is 24.8 Å². The number of sulfone groups is 1. The van der Waals surface area contributed by atoms with Crippen LogP contribution in [0.4, 0.5) is 24.5 Å². The molecular formula is C31H34F3N5O4S2. The van der Waals surface area contributed by atoms with Crippen LogP contribution in [-0.2, 0) is 21.1 Å². The second kappa shape index (κ2) is 14.4. The van der Waals surface area contributed by atoms with Crippen molar-refractivity contribution in [2.45, 2.75) is 36.4 Å². The number of benzene rings is 2. The summed E-state index contributed by atoms with van der Waals surface area (Å²) in [6.45, 7) is 1.28. The number of piperidine rings is 1. The molecule has 4 rings (SSSR count). The van der Waals surface area contributed by atoms with Gasteiger partial charge >= 0.3 is 6.18 Å². The number of nitrogens with zero attached hydrogens (tertiary/aromatic N) is 3. The predicted octanol–water partition coefficient (Wildman–Crippen LogP) is 4.74. The van der Waals surface area contributed by atoms with E-state index in [0.29, 0.717) is 40.3 Å². The van der Waals surface area contributed by atoms with E-state index in [1.165, 1.54) is 29.5 Å². The minimum Gasteiger partial charge on any atom is -0.477 e. The smallest absolute Gasteiger partial charge is 0.393 e. The number of halogens is 3. The van der Waals surface area contributed by atoms with Gasteiger partial charge in [0.2, 0.25) is 5.91 Å². The van der Waals surface area contributed by atoms with E-state index in [-0.39, 0.29) is 41.3 Å². The van der Waals surface area contributed by atoms with Crippen LogP contribution in [0.2, 0.25) is 0 Å². The van der Waals surface area contributed by atoms with E-state index < -0.39 is 22.4 Å². The number of anilines is 2. The molecule has 0 spiro atoms. The van der Waals surface area contributed by atoms with Crippen molar-refractivity contribution in [1.82, 2.24) is 9.80 Å². The van der Waals surface area contributed by atoms with Gasteiger partial charge in [-0.1, -0.05) is 24.0 Å². The maximum atomic E-state index is 13.7. The number of alkyl halides is 3. The summed E-state index contributed by atoms with van der Waals surface area (Å²) in [4.78, 5) is 16.4. The number of likely N-dealkylation sites (N-methyl/N-ethyl adjacent to an activating group) is 1. The number of hydrogen-bond donors (Lipinski definition) is 2. The highest BCUT2D eigenvalue weighted by Crippen LogP contribution is 2.39. The SMILES string of the molecule is CN(C)CC(=O)N1CCC(Nc2cccc3c(CC(F)(F)F)c(C#CCNc4ccc(S(C)(=O)=O)cc4OCC#N)sc23)CC1. The Morgan fingerprint density at radius 2 is 1.91 bits per heavy atom. The standard InChI is InChI=1S/C31H34F3N5O4S2/c1-38(2)20-29(40)39-15-11-21(12-16-39)37-26-7-4-6-23-24(19-31(32,33)34)28(44-30(23)26)8-5-14-36-25-10-9-22(45(3,41)42)18-27(25)43-17-13-35/h4,6-7,9-10,18,21,36-37H,11-12,14-17,19-20H2,1-3H3. The Morgan fingerprint density at radius 3 is 2.56 bits per heavy atom. The molecule has 1 fully saturated rings. The van der Waals surface area contributed by atoms with Gasteiger partial charge < -0.3 is 25.2 Å². The van der Waals surface area contributed by atoms with Crippen LogP contribution in [0.5, 0.6) is 5.75 Å². The topological polar surface area (TPSA) is 115 Å². The normalized spacial score (nSPS) is 14.1. The second-order valence-corrected chi connectivity index (χ2v) is 14.0. The van der Waals surface area contributed by atoms with Crippen molar-refractivity contribution in [3.8, 4) is 23.7 Å². The fourth-order valence-electron chi connectivity index (χ4n) is 5.00. The van der Waals surface area contributed by atoms with Crippen molar-refractivity contribution in [2.24, 2.45) is 0 Å². The Labute approximate surface area is 264 Å². The molecule has 0 atom stereocenters. The maximum absolute atomic E-state index is 13.7. The lowest BCUT2D eigenvalue weighted by molar-refractivity contribution is -0.132. The Morgan fingerprint density at radius 1 is 1.18 bits per heavy atom. The zero-order valence-corrected chi connectivity index (χ0v) is 26.8. The molecule has 2 aromatic carbocycles. The number of nitriles is 1. The number of fused-ring (bicyclic) bond motifs is 1. The summed E-state index contributed by atoms with van der Waals surface area (Å²) in [7, 11) is 0.181. The molecule has 0 unspecified atom stereocenters. The molecule has 0 bridgehead atoms. The molecule has 240 valence electrons. The average molecular weight is 662 g/mol. The number of hydrogen-bond acceptors (Lipinski definition) is 9. The highest BCUT2D eigenvalue weighted by atomic mass is 32.2. The lowest BCUT2D eigenvalue weighted by Gasteiger charge is -2.33.